The molecule has 1 amide bonds. The Balaban J connectivity index is 1.48. The van der Waals surface area contributed by atoms with Crippen molar-refractivity contribution in [2.45, 2.75) is 25.9 Å². The maximum atomic E-state index is 12.3. The fourth-order valence-corrected chi connectivity index (χ4v) is 3.41. The quantitative estimate of drug-likeness (QED) is 0.746. The Bertz CT molecular complexity index is 934. The van der Waals surface area contributed by atoms with E-state index in [9.17, 15) is 4.79 Å². The summed E-state index contributed by atoms with van der Waals surface area (Å²) in [5, 5.41) is 8.74. The first-order chi connectivity index (χ1) is 12.7. The van der Waals surface area contributed by atoms with E-state index in [1.807, 2.05) is 18.2 Å². The van der Waals surface area contributed by atoms with Crippen LogP contribution in [-0.2, 0) is 17.9 Å². The third-order valence-electron chi connectivity index (χ3n) is 4.55. The van der Waals surface area contributed by atoms with E-state index in [1.165, 1.54) is 19.2 Å². The second-order valence-electron chi connectivity index (χ2n) is 6.30. The molecule has 7 nitrogen and oxygen atoms in total. The molecule has 1 aromatic carbocycles. The average molecular weight is 371 g/mol. The molecule has 4 rings (SSSR count). The lowest BCUT2D eigenvalue weighted by Crippen LogP contribution is -2.27. The summed E-state index contributed by atoms with van der Waals surface area (Å²) in [6.45, 7) is 2.47. The maximum absolute atomic E-state index is 12.3. The third kappa shape index (κ3) is 3.35. The number of nitrogens with one attached hydrogen (secondary N) is 1. The number of carbonyl (C=O) groups excluding carboxylic acids is 1. The van der Waals surface area contributed by atoms with Crippen molar-refractivity contribution in [2.75, 3.05) is 18.0 Å². The van der Waals surface area contributed by atoms with Crippen molar-refractivity contribution in [1.82, 2.24) is 25.1 Å². The Labute approximate surface area is 156 Å². The van der Waals surface area contributed by atoms with Crippen LogP contribution < -0.4 is 10.2 Å². The van der Waals surface area contributed by atoms with E-state index in [1.54, 1.807) is 16.9 Å². The molecule has 0 unspecified atom stereocenters. The fourth-order valence-electron chi connectivity index (χ4n) is 3.20. The van der Waals surface area contributed by atoms with Gasteiger partial charge < -0.3 is 10.2 Å². The molecular formula is C18H19ClN6O. The Kier molecular flexibility index (Phi) is 4.71. The van der Waals surface area contributed by atoms with Gasteiger partial charge in [0, 0.05) is 24.7 Å². The summed E-state index contributed by atoms with van der Waals surface area (Å²) in [6, 6.07) is 7.45. The van der Waals surface area contributed by atoms with E-state index in [0.29, 0.717) is 17.2 Å². The van der Waals surface area contributed by atoms with Crippen molar-refractivity contribution in [3.8, 4) is 0 Å². The van der Waals surface area contributed by atoms with Crippen molar-refractivity contribution < 1.29 is 4.79 Å². The number of anilines is 1. The molecule has 1 saturated heterocycles. The van der Waals surface area contributed by atoms with Gasteiger partial charge in [-0.1, -0.05) is 29.8 Å². The normalized spacial score (nSPS) is 14.1. The predicted octanol–water partition coefficient (Wildman–Crippen LogP) is 2.40. The van der Waals surface area contributed by atoms with Crippen LogP contribution >= 0.6 is 11.6 Å². The van der Waals surface area contributed by atoms with Crippen LogP contribution in [0.1, 0.15) is 18.4 Å². The minimum atomic E-state index is -0.142. The van der Waals surface area contributed by atoms with E-state index >= 15 is 0 Å². The molecule has 8 heteroatoms. The highest BCUT2D eigenvalue weighted by atomic mass is 35.5. The smallest absolute Gasteiger partial charge is 0.242 e. The van der Waals surface area contributed by atoms with Crippen LogP contribution in [0.4, 0.5) is 5.82 Å². The summed E-state index contributed by atoms with van der Waals surface area (Å²) >= 11 is 6.12. The van der Waals surface area contributed by atoms with Gasteiger partial charge in [0.05, 0.1) is 11.6 Å². The molecule has 134 valence electrons. The summed E-state index contributed by atoms with van der Waals surface area (Å²) in [5.74, 6) is 0.756. The lowest BCUT2D eigenvalue weighted by Gasteiger charge is -2.16. The van der Waals surface area contributed by atoms with E-state index in [0.717, 1.165) is 29.9 Å². The number of fused-ring (bicyclic) bond motifs is 1. The molecule has 0 bridgehead atoms. The number of amides is 1. The molecule has 0 aliphatic carbocycles. The number of halogens is 1. The first-order valence-electron chi connectivity index (χ1n) is 8.64. The van der Waals surface area contributed by atoms with Gasteiger partial charge in [0.1, 0.15) is 18.7 Å². The summed E-state index contributed by atoms with van der Waals surface area (Å²) in [6.07, 6.45) is 5.62. The second-order valence-corrected chi connectivity index (χ2v) is 6.71. The number of nitrogens with zero attached hydrogens (tertiary/aromatic N) is 5. The summed E-state index contributed by atoms with van der Waals surface area (Å²) < 4.78 is 1.61. The number of carbonyl (C=O) groups is 1. The topological polar surface area (TPSA) is 75.9 Å². The molecule has 3 heterocycles. The minimum absolute atomic E-state index is 0.102. The summed E-state index contributed by atoms with van der Waals surface area (Å²) in [7, 11) is 0. The molecule has 1 aliphatic heterocycles. The lowest BCUT2D eigenvalue weighted by atomic mass is 10.2. The van der Waals surface area contributed by atoms with Crippen molar-refractivity contribution >= 4 is 34.4 Å². The number of hydrogen-bond donors (Lipinski definition) is 1. The van der Waals surface area contributed by atoms with Gasteiger partial charge in [0.2, 0.25) is 5.91 Å². The van der Waals surface area contributed by atoms with Crippen LogP contribution in [0.15, 0.2) is 36.8 Å². The highest BCUT2D eigenvalue weighted by molar-refractivity contribution is 6.31. The molecule has 1 fully saturated rings. The zero-order valence-electron chi connectivity index (χ0n) is 14.2. The molecular weight excluding hydrogens is 352 g/mol. The SMILES string of the molecule is O=C(Cn1ncc2c(N3CCCC3)ncnc21)NCc1ccccc1Cl. The van der Waals surface area contributed by atoms with Crippen LogP contribution in [0.3, 0.4) is 0 Å². The van der Waals surface area contributed by atoms with E-state index in [2.05, 4.69) is 25.3 Å². The number of benzene rings is 1. The number of hydrogen-bond acceptors (Lipinski definition) is 5. The Morgan fingerprint density at radius 2 is 2.00 bits per heavy atom. The van der Waals surface area contributed by atoms with Crippen molar-refractivity contribution in [2.24, 2.45) is 0 Å². The average Bonchev–Trinajstić information content (AvgIpc) is 3.31. The summed E-state index contributed by atoms with van der Waals surface area (Å²) in [4.78, 5) is 23.3. The molecule has 1 N–H and O–H groups in total. The zero-order valence-corrected chi connectivity index (χ0v) is 15.0. The molecule has 0 atom stereocenters. The van der Waals surface area contributed by atoms with Gasteiger partial charge in [-0.05, 0) is 24.5 Å². The van der Waals surface area contributed by atoms with E-state index in [4.69, 9.17) is 11.6 Å². The van der Waals surface area contributed by atoms with Gasteiger partial charge in [0.15, 0.2) is 5.65 Å². The maximum Gasteiger partial charge on any atom is 0.242 e. The van der Waals surface area contributed by atoms with E-state index in [-0.39, 0.29) is 12.5 Å². The Morgan fingerprint density at radius 1 is 1.19 bits per heavy atom. The van der Waals surface area contributed by atoms with Crippen LogP contribution in [0.2, 0.25) is 5.02 Å². The van der Waals surface area contributed by atoms with Gasteiger partial charge in [-0.3, -0.25) is 4.79 Å². The standard InChI is InChI=1S/C18H19ClN6O/c19-15-6-2-1-5-13(15)9-20-16(26)11-25-18-14(10-23-25)17(21-12-22-18)24-7-3-4-8-24/h1-2,5-6,10,12H,3-4,7-9,11H2,(H,20,26). The van der Waals surface area contributed by atoms with Crippen LogP contribution in [0, 0.1) is 0 Å². The highest BCUT2D eigenvalue weighted by Crippen LogP contribution is 2.25. The van der Waals surface area contributed by atoms with Crippen molar-refractivity contribution in [1.29, 1.82) is 0 Å². The lowest BCUT2D eigenvalue weighted by molar-refractivity contribution is -0.121. The van der Waals surface area contributed by atoms with Crippen LogP contribution in [-0.4, -0.2) is 38.7 Å². The first kappa shape index (κ1) is 16.8. The Morgan fingerprint density at radius 3 is 2.81 bits per heavy atom. The largest absolute Gasteiger partial charge is 0.356 e. The van der Waals surface area contributed by atoms with Gasteiger partial charge >= 0.3 is 0 Å². The predicted molar refractivity (Wildman–Crippen MR) is 100 cm³/mol. The van der Waals surface area contributed by atoms with E-state index < -0.39 is 0 Å². The first-order valence-corrected chi connectivity index (χ1v) is 9.02. The monoisotopic (exact) mass is 370 g/mol. The number of aromatic nitrogens is 4. The molecule has 2 aromatic heterocycles. The van der Waals surface area contributed by atoms with Crippen LogP contribution in [0.5, 0.6) is 0 Å². The van der Waals surface area contributed by atoms with Gasteiger partial charge in [-0.15, -0.1) is 0 Å². The Hall–Kier alpha value is -2.67. The second kappa shape index (κ2) is 7.29. The molecule has 0 saturated carbocycles. The molecule has 26 heavy (non-hydrogen) atoms. The molecule has 0 spiro atoms. The van der Waals surface area contributed by atoms with Gasteiger partial charge in [0.25, 0.3) is 0 Å². The number of rotatable bonds is 5. The fraction of sp³-hybridized carbons (Fsp3) is 0.333. The van der Waals surface area contributed by atoms with Crippen molar-refractivity contribution in [3.63, 3.8) is 0 Å². The van der Waals surface area contributed by atoms with Crippen molar-refractivity contribution in [3.05, 3.63) is 47.4 Å². The minimum Gasteiger partial charge on any atom is -0.356 e. The molecule has 0 radical (unpaired) electrons. The molecule has 3 aromatic rings. The molecule has 1 aliphatic rings. The third-order valence-corrected chi connectivity index (χ3v) is 4.91. The summed E-state index contributed by atoms with van der Waals surface area (Å²) in [5.41, 5.74) is 1.56. The zero-order chi connectivity index (χ0) is 17.9. The van der Waals surface area contributed by atoms with Crippen LogP contribution in [0.25, 0.3) is 11.0 Å². The van der Waals surface area contributed by atoms with Gasteiger partial charge in [-0.2, -0.15) is 5.10 Å². The highest BCUT2D eigenvalue weighted by Gasteiger charge is 2.19. The van der Waals surface area contributed by atoms with Gasteiger partial charge in [-0.25, -0.2) is 14.6 Å².